The Balaban J connectivity index is 2.63. The number of ether oxygens (including phenoxy) is 1. The van der Waals surface area contributed by atoms with Crippen molar-refractivity contribution in [1.82, 2.24) is 4.31 Å². The molecule has 1 aromatic carbocycles. The number of hydrogen-bond acceptors (Lipinski definition) is 3. The molecule has 0 atom stereocenters. The lowest BCUT2D eigenvalue weighted by Gasteiger charge is -2.17. The van der Waals surface area contributed by atoms with Crippen LogP contribution in [0.15, 0.2) is 24.3 Å². The average molecular weight is 306 g/mol. The Morgan fingerprint density at radius 3 is 2.42 bits per heavy atom. The van der Waals surface area contributed by atoms with Crippen LogP contribution >= 0.6 is 11.6 Å². The van der Waals surface area contributed by atoms with Crippen molar-refractivity contribution >= 4 is 21.6 Å². The van der Waals surface area contributed by atoms with Gasteiger partial charge in [0.1, 0.15) is 5.75 Å². The van der Waals surface area contributed by atoms with E-state index in [1.807, 2.05) is 31.2 Å². The summed E-state index contributed by atoms with van der Waals surface area (Å²) in [5.41, 5.74) is 0.931. The zero-order valence-electron chi connectivity index (χ0n) is 11.3. The summed E-state index contributed by atoms with van der Waals surface area (Å²) in [6.45, 7) is 2.90. The minimum atomic E-state index is -3.22. The summed E-state index contributed by atoms with van der Waals surface area (Å²) < 4.78 is 30.5. The van der Waals surface area contributed by atoms with Gasteiger partial charge in [0.2, 0.25) is 10.0 Å². The molecule has 0 aliphatic heterocycles. The van der Waals surface area contributed by atoms with Crippen LogP contribution in [0.3, 0.4) is 0 Å². The Morgan fingerprint density at radius 2 is 1.89 bits per heavy atom. The third-order valence-corrected chi connectivity index (χ3v) is 4.80. The second-order valence-corrected chi connectivity index (χ2v) is 6.76. The van der Waals surface area contributed by atoms with Crippen molar-refractivity contribution in [3.05, 3.63) is 29.8 Å². The molecule has 0 radical (unpaired) electrons. The first kappa shape index (κ1) is 16.3. The molecule has 4 nitrogen and oxygen atoms in total. The van der Waals surface area contributed by atoms with Gasteiger partial charge in [-0.1, -0.05) is 12.1 Å². The van der Waals surface area contributed by atoms with Crippen molar-refractivity contribution in [1.29, 1.82) is 0 Å². The van der Waals surface area contributed by atoms with Gasteiger partial charge in [0.15, 0.2) is 0 Å². The van der Waals surface area contributed by atoms with Crippen LogP contribution in [-0.2, 0) is 16.6 Å². The van der Waals surface area contributed by atoms with Gasteiger partial charge in [-0.3, -0.25) is 0 Å². The zero-order chi connectivity index (χ0) is 14.3. The van der Waals surface area contributed by atoms with Crippen molar-refractivity contribution in [3.8, 4) is 5.75 Å². The molecular weight excluding hydrogens is 286 g/mol. The van der Waals surface area contributed by atoms with E-state index in [1.165, 1.54) is 4.31 Å². The number of benzene rings is 1. The van der Waals surface area contributed by atoms with Gasteiger partial charge >= 0.3 is 0 Å². The molecule has 0 aliphatic rings. The fraction of sp³-hybridized carbons (Fsp3) is 0.538. The SMILES string of the molecule is CCOc1ccc(CN(C)S(=O)(=O)CCCCl)cc1. The summed E-state index contributed by atoms with van der Waals surface area (Å²) in [4.78, 5) is 0. The monoisotopic (exact) mass is 305 g/mol. The van der Waals surface area contributed by atoms with Crippen LogP contribution in [0, 0.1) is 0 Å². The minimum absolute atomic E-state index is 0.0873. The summed E-state index contributed by atoms with van der Waals surface area (Å²) in [6, 6.07) is 7.44. The average Bonchev–Trinajstić information content (AvgIpc) is 2.39. The lowest BCUT2D eigenvalue weighted by atomic mass is 10.2. The second kappa shape index (κ2) is 7.72. The Bertz CT molecular complexity index is 473. The first-order chi connectivity index (χ1) is 8.99. The number of alkyl halides is 1. The topological polar surface area (TPSA) is 46.6 Å². The molecule has 0 saturated carbocycles. The van der Waals surface area contributed by atoms with Gasteiger partial charge in [0.05, 0.1) is 12.4 Å². The predicted molar refractivity (Wildman–Crippen MR) is 78.2 cm³/mol. The molecule has 108 valence electrons. The van der Waals surface area contributed by atoms with Gasteiger partial charge in [-0.25, -0.2) is 12.7 Å². The Labute approximate surface area is 120 Å². The van der Waals surface area contributed by atoms with Crippen LogP contribution in [0.2, 0.25) is 0 Å². The molecule has 0 aromatic heterocycles. The molecule has 0 bridgehead atoms. The molecule has 1 rings (SSSR count). The zero-order valence-corrected chi connectivity index (χ0v) is 12.9. The van der Waals surface area contributed by atoms with Crippen LogP contribution in [0.5, 0.6) is 5.75 Å². The third-order valence-electron chi connectivity index (χ3n) is 2.65. The molecule has 6 heteroatoms. The maximum Gasteiger partial charge on any atom is 0.214 e. The predicted octanol–water partition coefficient (Wildman–Crippen LogP) is 2.48. The molecular formula is C13H20ClNO3S. The van der Waals surface area contributed by atoms with Crippen molar-refractivity contribution in [3.63, 3.8) is 0 Å². The summed E-state index contributed by atoms with van der Waals surface area (Å²) in [5.74, 6) is 1.24. The van der Waals surface area contributed by atoms with Crippen molar-refractivity contribution in [2.75, 3.05) is 25.3 Å². The fourth-order valence-corrected chi connectivity index (χ4v) is 3.06. The van der Waals surface area contributed by atoms with E-state index in [4.69, 9.17) is 16.3 Å². The molecule has 0 amide bonds. The quantitative estimate of drug-likeness (QED) is 0.693. The van der Waals surface area contributed by atoms with Crippen LogP contribution in [-0.4, -0.2) is 38.0 Å². The maximum atomic E-state index is 11.9. The van der Waals surface area contributed by atoms with Gasteiger partial charge in [-0.15, -0.1) is 11.6 Å². The fourth-order valence-electron chi connectivity index (χ4n) is 1.61. The Hall–Kier alpha value is -0.780. The highest BCUT2D eigenvalue weighted by Crippen LogP contribution is 2.14. The summed E-state index contributed by atoms with van der Waals surface area (Å²) in [5, 5.41) is 0. The first-order valence-corrected chi connectivity index (χ1v) is 8.35. The highest BCUT2D eigenvalue weighted by atomic mass is 35.5. The lowest BCUT2D eigenvalue weighted by molar-refractivity contribution is 0.340. The van der Waals surface area contributed by atoms with Crippen molar-refractivity contribution < 1.29 is 13.2 Å². The smallest absolute Gasteiger partial charge is 0.214 e. The Morgan fingerprint density at radius 1 is 1.26 bits per heavy atom. The number of nitrogens with zero attached hydrogens (tertiary/aromatic N) is 1. The molecule has 19 heavy (non-hydrogen) atoms. The molecule has 0 N–H and O–H groups in total. The van der Waals surface area contributed by atoms with E-state index >= 15 is 0 Å². The van der Waals surface area contributed by atoms with Crippen LogP contribution in [0.4, 0.5) is 0 Å². The van der Waals surface area contributed by atoms with E-state index in [2.05, 4.69) is 0 Å². The minimum Gasteiger partial charge on any atom is -0.494 e. The molecule has 0 aliphatic carbocycles. The molecule has 0 heterocycles. The Kier molecular flexibility index (Phi) is 6.62. The van der Waals surface area contributed by atoms with Crippen molar-refractivity contribution in [2.24, 2.45) is 0 Å². The highest BCUT2D eigenvalue weighted by Gasteiger charge is 2.17. The molecule has 0 unspecified atom stereocenters. The van der Waals surface area contributed by atoms with E-state index in [-0.39, 0.29) is 5.75 Å². The number of rotatable bonds is 8. The molecule has 1 aromatic rings. The summed E-state index contributed by atoms with van der Waals surface area (Å²) in [6.07, 6.45) is 0.470. The summed E-state index contributed by atoms with van der Waals surface area (Å²) >= 11 is 5.52. The van der Waals surface area contributed by atoms with Gasteiger partial charge < -0.3 is 4.74 Å². The van der Waals surface area contributed by atoms with E-state index < -0.39 is 10.0 Å². The van der Waals surface area contributed by atoms with E-state index in [1.54, 1.807) is 7.05 Å². The van der Waals surface area contributed by atoms with Crippen LogP contribution < -0.4 is 4.74 Å². The number of hydrogen-bond donors (Lipinski definition) is 0. The van der Waals surface area contributed by atoms with E-state index in [0.29, 0.717) is 25.5 Å². The molecule has 0 spiro atoms. The third kappa shape index (κ3) is 5.38. The van der Waals surface area contributed by atoms with Gasteiger partial charge in [-0.2, -0.15) is 0 Å². The van der Waals surface area contributed by atoms with Gasteiger partial charge in [-0.05, 0) is 31.0 Å². The van der Waals surface area contributed by atoms with Gasteiger partial charge in [0, 0.05) is 19.5 Å². The van der Waals surface area contributed by atoms with E-state index in [9.17, 15) is 8.42 Å². The van der Waals surface area contributed by atoms with Crippen LogP contribution in [0.25, 0.3) is 0 Å². The lowest BCUT2D eigenvalue weighted by Crippen LogP contribution is -2.28. The molecule has 0 saturated heterocycles. The molecule has 0 fully saturated rings. The van der Waals surface area contributed by atoms with Gasteiger partial charge in [0.25, 0.3) is 0 Å². The standard InChI is InChI=1S/C13H20ClNO3S/c1-3-18-13-7-5-12(6-8-13)11-15(2)19(16,17)10-4-9-14/h5-8H,3-4,9-11H2,1-2H3. The highest BCUT2D eigenvalue weighted by molar-refractivity contribution is 7.89. The largest absolute Gasteiger partial charge is 0.494 e. The normalized spacial score (nSPS) is 11.8. The van der Waals surface area contributed by atoms with Crippen molar-refractivity contribution in [2.45, 2.75) is 19.9 Å². The van der Waals surface area contributed by atoms with Crippen LogP contribution in [0.1, 0.15) is 18.9 Å². The van der Waals surface area contributed by atoms with E-state index in [0.717, 1.165) is 11.3 Å². The maximum absolute atomic E-state index is 11.9. The number of sulfonamides is 1. The summed E-state index contributed by atoms with van der Waals surface area (Å²) in [7, 11) is -1.64. The second-order valence-electron chi connectivity index (χ2n) is 4.19. The number of halogens is 1. The first-order valence-electron chi connectivity index (χ1n) is 6.21.